The summed E-state index contributed by atoms with van der Waals surface area (Å²) >= 11 is 1.42. The summed E-state index contributed by atoms with van der Waals surface area (Å²) in [7, 11) is 0. The van der Waals surface area contributed by atoms with E-state index in [4.69, 9.17) is 0 Å². The van der Waals surface area contributed by atoms with Crippen LogP contribution in [0.3, 0.4) is 0 Å². The summed E-state index contributed by atoms with van der Waals surface area (Å²) < 4.78 is 1.58. The number of pyridine rings is 1. The summed E-state index contributed by atoms with van der Waals surface area (Å²) in [6.07, 6.45) is 5.08. The van der Waals surface area contributed by atoms with Crippen LogP contribution in [0, 0.1) is 0 Å². The maximum Gasteiger partial charge on any atom is 0.271 e. The molecule has 3 heterocycles. The Labute approximate surface area is 93.7 Å². The van der Waals surface area contributed by atoms with Crippen molar-refractivity contribution < 1.29 is 0 Å². The smallest absolute Gasteiger partial charge is 0.267 e. The van der Waals surface area contributed by atoms with Gasteiger partial charge in [0.1, 0.15) is 0 Å². The minimum absolute atomic E-state index is 0.167. The van der Waals surface area contributed by atoms with E-state index in [9.17, 15) is 4.79 Å². The van der Waals surface area contributed by atoms with Crippen molar-refractivity contribution in [3.63, 3.8) is 0 Å². The molecule has 3 aromatic heterocycles. The second-order valence-electron chi connectivity index (χ2n) is 3.21. The van der Waals surface area contributed by atoms with E-state index in [1.807, 2.05) is 6.26 Å². The Morgan fingerprint density at radius 3 is 3.06 bits per heavy atom. The zero-order valence-electron chi connectivity index (χ0n) is 8.34. The first-order valence-corrected chi connectivity index (χ1v) is 5.79. The van der Waals surface area contributed by atoms with Crippen molar-refractivity contribution in [1.29, 1.82) is 0 Å². The second-order valence-corrected chi connectivity index (χ2v) is 3.98. The normalized spacial score (nSPS) is 11.3. The van der Waals surface area contributed by atoms with E-state index in [0.29, 0.717) is 21.6 Å². The van der Waals surface area contributed by atoms with Crippen LogP contribution >= 0.6 is 11.8 Å². The van der Waals surface area contributed by atoms with Crippen molar-refractivity contribution in [3.05, 3.63) is 28.8 Å². The highest BCUT2D eigenvalue weighted by Gasteiger charge is 2.10. The Morgan fingerprint density at radius 2 is 2.25 bits per heavy atom. The fourth-order valence-electron chi connectivity index (χ4n) is 1.61. The molecule has 0 atom stereocenters. The molecular formula is C9H7N5OS. The minimum atomic E-state index is -0.167. The number of hydrogen-bond acceptors (Lipinski definition) is 5. The quantitative estimate of drug-likeness (QED) is 0.626. The lowest BCUT2D eigenvalue weighted by atomic mass is 10.2. The van der Waals surface area contributed by atoms with E-state index in [-0.39, 0.29) is 5.56 Å². The number of aromatic amines is 1. The molecule has 80 valence electrons. The number of hydrogen-bond donors (Lipinski definition) is 1. The molecule has 16 heavy (non-hydrogen) atoms. The molecule has 6 nitrogen and oxygen atoms in total. The lowest BCUT2D eigenvalue weighted by Gasteiger charge is -1.99. The van der Waals surface area contributed by atoms with Crippen molar-refractivity contribution in [1.82, 2.24) is 24.8 Å². The Bertz CT molecular complexity index is 731. The van der Waals surface area contributed by atoms with Crippen LogP contribution in [0.25, 0.3) is 16.4 Å². The molecule has 3 rings (SSSR count). The van der Waals surface area contributed by atoms with Crippen LogP contribution in [0.4, 0.5) is 0 Å². The summed E-state index contributed by atoms with van der Waals surface area (Å²) in [4.78, 5) is 15.8. The van der Waals surface area contributed by atoms with Gasteiger partial charge in [0, 0.05) is 12.4 Å². The average Bonchev–Trinajstić information content (AvgIpc) is 2.72. The molecule has 0 aromatic carbocycles. The Kier molecular flexibility index (Phi) is 1.93. The Balaban J connectivity index is 2.60. The fourth-order valence-corrected chi connectivity index (χ4v) is 2.05. The number of aromatic nitrogens is 5. The second kappa shape index (κ2) is 3.31. The van der Waals surface area contributed by atoms with Crippen LogP contribution in [0.1, 0.15) is 0 Å². The Hall–Kier alpha value is -1.89. The predicted molar refractivity (Wildman–Crippen MR) is 60.7 cm³/mol. The highest BCUT2D eigenvalue weighted by Crippen LogP contribution is 2.17. The average molecular weight is 233 g/mol. The maximum absolute atomic E-state index is 11.8. The first-order valence-electron chi connectivity index (χ1n) is 4.56. The molecule has 3 aromatic rings. The van der Waals surface area contributed by atoms with Crippen LogP contribution in [-0.4, -0.2) is 31.1 Å². The third-order valence-electron chi connectivity index (χ3n) is 2.34. The summed E-state index contributed by atoms with van der Waals surface area (Å²) in [6.45, 7) is 0. The van der Waals surface area contributed by atoms with E-state index in [2.05, 4.69) is 20.3 Å². The van der Waals surface area contributed by atoms with Crippen molar-refractivity contribution >= 4 is 28.2 Å². The fraction of sp³-hybridized carbons (Fsp3) is 0.111. The maximum atomic E-state index is 11.8. The Morgan fingerprint density at radius 1 is 1.38 bits per heavy atom. The molecule has 0 fully saturated rings. The van der Waals surface area contributed by atoms with Gasteiger partial charge < -0.3 is 0 Å². The largest absolute Gasteiger partial charge is 0.271 e. The summed E-state index contributed by atoms with van der Waals surface area (Å²) in [5.41, 5.74) is 0.451. The molecule has 1 N–H and O–H groups in total. The summed E-state index contributed by atoms with van der Waals surface area (Å²) in [6, 6.07) is 1.67. The number of nitrogens with zero attached hydrogens (tertiary/aromatic N) is 4. The van der Waals surface area contributed by atoms with Crippen molar-refractivity contribution in [2.75, 3.05) is 6.26 Å². The number of thioether (sulfide) groups is 1. The molecular weight excluding hydrogens is 226 g/mol. The standard InChI is InChI=1S/C9H7N5OS/c1-16-9-12-11-7-6-4-10-3-2-5(6)8(15)13-14(7)9/h2-4H,1H3,(H,13,15). The molecule has 0 saturated heterocycles. The molecule has 7 heteroatoms. The van der Waals surface area contributed by atoms with Gasteiger partial charge in [0.15, 0.2) is 5.65 Å². The first-order chi connectivity index (χ1) is 7.81. The number of rotatable bonds is 1. The first kappa shape index (κ1) is 9.34. The van der Waals surface area contributed by atoms with E-state index >= 15 is 0 Å². The molecule has 0 amide bonds. The van der Waals surface area contributed by atoms with Gasteiger partial charge in [-0.2, -0.15) is 0 Å². The highest BCUT2D eigenvalue weighted by atomic mass is 32.2. The van der Waals surface area contributed by atoms with Gasteiger partial charge in [-0.1, -0.05) is 11.8 Å². The van der Waals surface area contributed by atoms with Crippen LogP contribution < -0.4 is 5.56 Å². The molecule has 0 unspecified atom stereocenters. The number of H-pyrrole nitrogens is 1. The topological polar surface area (TPSA) is 75.9 Å². The zero-order valence-corrected chi connectivity index (χ0v) is 9.15. The molecule has 0 spiro atoms. The molecule has 0 radical (unpaired) electrons. The van der Waals surface area contributed by atoms with Gasteiger partial charge in [-0.05, 0) is 12.3 Å². The van der Waals surface area contributed by atoms with Crippen LogP contribution in [0.5, 0.6) is 0 Å². The molecule has 0 bridgehead atoms. The van der Waals surface area contributed by atoms with Gasteiger partial charge in [-0.25, -0.2) is 4.52 Å². The van der Waals surface area contributed by atoms with Gasteiger partial charge in [0.05, 0.1) is 10.8 Å². The summed E-state index contributed by atoms with van der Waals surface area (Å²) in [5, 5.41) is 12.7. The van der Waals surface area contributed by atoms with Crippen molar-refractivity contribution in [2.45, 2.75) is 5.16 Å². The van der Waals surface area contributed by atoms with Crippen LogP contribution in [-0.2, 0) is 0 Å². The monoisotopic (exact) mass is 233 g/mol. The van der Waals surface area contributed by atoms with Gasteiger partial charge in [0.25, 0.3) is 5.56 Å². The third-order valence-corrected chi connectivity index (χ3v) is 2.97. The lowest BCUT2D eigenvalue weighted by molar-refractivity contribution is 0.800. The van der Waals surface area contributed by atoms with Gasteiger partial charge >= 0.3 is 0 Å². The SMILES string of the molecule is CSc1nnc2c3cnccc3c(=O)[nH]n12. The zero-order chi connectivity index (χ0) is 11.1. The molecule has 0 aliphatic rings. The van der Waals surface area contributed by atoms with Crippen molar-refractivity contribution in [3.8, 4) is 0 Å². The van der Waals surface area contributed by atoms with E-state index < -0.39 is 0 Å². The molecule has 0 aliphatic carbocycles. The lowest BCUT2D eigenvalue weighted by Crippen LogP contribution is -2.12. The van der Waals surface area contributed by atoms with Gasteiger partial charge in [-0.3, -0.25) is 14.9 Å². The van der Waals surface area contributed by atoms with Crippen LogP contribution in [0.15, 0.2) is 28.4 Å². The third kappa shape index (κ3) is 1.15. The number of nitrogens with one attached hydrogen (secondary N) is 1. The minimum Gasteiger partial charge on any atom is -0.267 e. The van der Waals surface area contributed by atoms with Crippen molar-refractivity contribution in [2.24, 2.45) is 0 Å². The van der Waals surface area contributed by atoms with E-state index in [0.717, 1.165) is 0 Å². The predicted octanol–water partition coefficient (Wildman–Crippen LogP) is 0.688. The number of fused-ring (bicyclic) bond motifs is 3. The molecule has 0 aliphatic heterocycles. The van der Waals surface area contributed by atoms with E-state index in [1.54, 1.807) is 23.0 Å². The van der Waals surface area contributed by atoms with Crippen LogP contribution in [0.2, 0.25) is 0 Å². The van der Waals surface area contributed by atoms with Gasteiger partial charge in [-0.15, -0.1) is 10.2 Å². The molecule has 0 saturated carbocycles. The highest BCUT2D eigenvalue weighted by molar-refractivity contribution is 7.98. The van der Waals surface area contributed by atoms with Gasteiger partial charge in [0.2, 0.25) is 5.16 Å². The van der Waals surface area contributed by atoms with E-state index in [1.165, 1.54) is 11.8 Å². The summed E-state index contributed by atoms with van der Waals surface area (Å²) in [5.74, 6) is 0.